The number of hydrogen-bond acceptors (Lipinski definition) is 2. The largest absolute Gasteiger partial charge is 0.255 e. The van der Waals surface area contributed by atoms with Gasteiger partial charge in [0.05, 0.1) is 17.1 Å². The van der Waals surface area contributed by atoms with E-state index in [-0.39, 0.29) is 16.5 Å². The van der Waals surface area contributed by atoms with E-state index < -0.39 is 0 Å². The van der Waals surface area contributed by atoms with E-state index in [1.165, 1.54) is 127 Å². The Hall–Kier alpha value is -2.61. The Morgan fingerprint density at radius 3 is 1.40 bits per heavy atom. The number of rotatable bonds is 27. The molecule has 0 amide bonds. The van der Waals surface area contributed by atoms with Crippen molar-refractivity contribution in [1.82, 2.24) is 0 Å². The maximum absolute atomic E-state index is 5.18. The first-order valence-corrected chi connectivity index (χ1v) is 20.5. The third-order valence-corrected chi connectivity index (χ3v) is 9.24. The summed E-state index contributed by atoms with van der Waals surface area (Å²) in [5, 5.41) is 0. The predicted octanol–water partition coefficient (Wildman–Crippen LogP) is 14.7. The fourth-order valence-electron chi connectivity index (χ4n) is 6.13. The zero-order valence-electron chi connectivity index (χ0n) is 32.3. The second kappa shape index (κ2) is 33.5. The van der Waals surface area contributed by atoms with Crippen LogP contribution in [0.5, 0.6) is 0 Å². The van der Waals surface area contributed by atoms with Gasteiger partial charge in [0, 0.05) is 48.4 Å². The molecule has 2 aromatic carbocycles. The Bertz CT molecular complexity index is 1290. The molecule has 3 heteroatoms. The fraction of sp³-hybridized carbons (Fsp3) is 0.617. The summed E-state index contributed by atoms with van der Waals surface area (Å²) in [5.74, 6) is 13.7. The summed E-state index contributed by atoms with van der Waals surface area (Å²) in [7, 11) is 0. The number of benzene rings is 2. The molecule has 278 valence electrons. The summed E-state index contributed by atoms with van der Waals surface area (Å²) in [5.41, 5.74) is 5.69. The quantitative estimate of drug-likeness (QED) is 0.0380. The number of hydrogen-bond donors (Lipinski definition) is 0. The monoisotopic (exact) mass is 720 g/mol. The molecule has 0 saturated carbocycles. The molecular formula is C47H70N2Ni. The fourth-order valence-corrected chi connectivity index (χ4v) is 6.13. The van der Waals surface area contributed by atoms with Crippen LogP contribution in [0.15, 0.2) is 58.5 Å². The molecule has 0 bridgehead atoms. The number of unbranched alkanes of at least 4 members (excludes halogenated alkanes) is 18. The van der Waals surface area contributed by atoms with Crippen LogP contribution < -0.4 is 0 Å². The van der Waals surface area contributed by atoms with Crippen LogP contribution in [0, 0.1) is 23.7 Å². The van der Waals surface area contributed by atoms with Gasteiger partial charge in [-0.25, -0.2) is 0 Å². The van der Waals surface area contributed by atoms with Crippen LogP contribution in [-0.2, 0) is 29.3 Å². The number of aliphatic imine (C=N–C) groups is 2. The van der Waals surface area contributed by atoms with Crippen molar-refractivity contribution in [3.63, 3.8) is 0 Å². The van der Waals surface area contributed by atoms with E-state index in [2.05, 4.69) is 93.0 Å². The summed E-state index contributed by atoms with van der Waals surface area (Å²) in [6, 6.07) is 17.1. The molecule has 50 heavy (non-hydrogen) atoms. The first kappa shape index (κ1) is 45.4. The standard InChI is InChI=1S/C47H70N2.Ni/c1-4-7-10-12-14-16-18-20-22-24-26-29-35-43-37-31-33-40-46(43)48-42-45(39-28-9-6-3)49-47-41-34-32-38-44(47)36-30-27-25-23-21-19-17-15-13-11-8-5-2;/h31-34,37-38,40-42H,4-23,28-30,35-36,39H2,1-3H3;. The van der Waals surface area contributed by atoms with Crippen LogP contribution in [-0.4, -0.2) is 11.9 Å². The van der Waals surface area contributed by atoms with Crippen LogP contribution >= 0.6 is 0 Å². The van der Waals surface area contributed by atoms with Crippen molar-refractivity contribution < 1.29 is 16.5 Å². The summed E-state index contributed by atoms with van der Waals surface area (Å²) in [6.45, 7) is 6.82. The van der Waals surface area contributed by atoms with Gasteiger partial charge in [-0.3, -0.25) is 9.98 Å². The van der Waals surface area contributed by atoms with Gasteiger partial charge >= 0.3 is 0 Å². The van der Waals surface area contributed by atoms with Gasteiger partial charge in [-0.2, -0.15) is 0 Å². The van der Waals surface area contributed by atoms with Crippen molar-refractivity contribution in [1.29, 1.82) is 0 Å². The maximum Gasteiger partial charge on any atom is 0.0665 e. The van der Waals surface area contributed by atoms with Crippen LogP contribution in [0.4, 0.5) is 11.4 Å². The zero-order chi connectivity index (χ0) is 34.9. The van der Waals surface area contributed by atoms with Gasteiger partial charge in [0.2, 0.25) is 0 Å². The second-order valence-corrected chi connectivity index (χ2v) is 13.7. The topological polar surface area (TPSA) is 24.7 Å². The van der Waals surface area contributed by atoms with E-state index in [1.54, 1.807) is 0 Å². The number of aryl methyl sites for hydroxylation is 2. The van der Waals surface area contributed by atoms with E-state index >= 15 is 0 Å². The number of nitrogens with zero attached hydrogens (tertiary/aromatic N) is 2. The molecular weight excluding hydrogens is 651 g/mol. The average Bonchev–Trinajstić information content (AvgIpc) is 3.12. The third kappa shape index (κ3) is 23.7. The molecule has 2 rings (SSSR count). The van der Waals surface area contributed by atoms with Crippen molar-refractivity contribution in [3.8, 4) is 23.7 Å². The molecule has 2 nitrogen and oxygen atoms in total. The third-order valence-electron chi connectivity index (χ3n) is 9.24. The predicted molar refractivity (Wildman–Crippen MR) is 219 cm³/mol. The molecule has 0 spiro atoms. The molecule has 0 atom stereocenters. The van der Waals surface area contributed by atoms with Gasteiger partial charge < -0.3 is 0 Å². The SMILES string of the molecule is CCCCCCCCCCC#CCCc1ccccc1N=CC(CCCCC)=Nc1ccccc1CCC#CCCCCCCCCCC.[Ni]. The Labute approximate surface area is 319 Å². The second-order valence-electron chi connectivity index (χ2n) is 13.7. The molecule has 0 saturated heterocycles. The van der Waals surface area contributed by atoms with Crippen molar-refractivity contribution in [2.24, 2.45) is 9.98 Å². The van der Waals surface area contributed by atoms with E-state index in [1.807, 2.05) is 6.21 Å². The minimum absolute atomic E-state index is 0. The summed E-state index contributed by atoms with van der Waals surface area (Å²) >= 11 is 0. The first-order valence-electron chi connectivity index (χ1n) is 20.5. The van der Waals surface area contributed by atoms with Crippen LogP contribution in [0.1, 0.15) is 186 Å². The van der Waals surface area contributed by atoms with Crippen LogP contribution in [0.2, 0.25) is 0 Å². The minimum atomic E-state index is 0. The maximum atomic E-state index is 5.18. The molecule has 0 radical (unpaired) electrons. The molecule has 0 aliphatic rings. The van der Waals surface area contributed by atoms with Gasteiger partial charge in [0.15, 0.2) is 0 Å². The van der Waals surface area contributed by atoms with Gasteiger partial charge in [-0.05, 0) is 61.8 Å². The summed E-state index contributed by atoms with van der Waals surface area (Å²) < 4.78 is 0. The average molecular weight is 722 g/mol. The first-order chi connectivity index (χ1) is 24.3. The van der Waals surface area contributed by atoms with Crippen LogP contribution in [0.3, 0.4) is 0 Å². The van der Waals surface area contributed by atoms with Crippen molar-refractivity contribution in [2.75, 3.05) is 0 Å². The van der Waals surface area contributed by atoms with Crippen LogP contribution in [0.25, 0.3) is 0 Å². The molecule has 0 unspecified atom stereocenters. The van der Waals surface area contributed by atoms with Crippen molar-refractivity contribution in [3.05, 3.63) is 59.7 Å². The van der Waals surface area contributed by atoms with E-state index in [0.29, 0.717) is 0 Å². The van der Waals surface area contributed by atoms with E-state index in [0.717, 1.165) is 68.5 Å². The number of para-hydroxylation sites is 2. The van der Waals surface area contributed by atoms with Gasteiger partial charge in [0.25, 0.3) is 0 Å². The molecule has 2 aromatic rings. The van der Waals surface area contributed by atoms with E-state index in [9.17, 15) is 0 Å². The molecule has 0 aromatic heterocycles. The Morgan fingerprint density at radius 2 is 0.880 bits per heavy atom. The minimum Gasteiger partial charge on any atom is -0.255 e. The smallest absolute Gasteiger partial charge is 0.0665 e. The normalized spacial score (nSPS) is 11.1. The van der Waals surface area contributed by atoms with Gasteiger partial charge in [-0.15, -0.1) is 23.7 Å². The van der Waals surface area contributed by atoms with Crippen molar-refractivity contribution in [2.45, 2.75) is 188 Å². The Balaban J connectivity index is 0.0000125. The molecule has 0 fully saturated rings. The molecule has 0 heterocycles. The van der Waals surface area contributed by atoms with Gasteiger partial charge in [0.1, 0.15) is 0 Å². The zero-order valence-corrected chi connectivity index (χ0v) is 33.3. The Morgan fingerprint density at radius 1 is 0.480 bits per heavy atom. The summed E-state index contributed by atoms with van der Waals surface area (Å²) in [4.78, 5) is 10.2. The van der Waals surface area contributed by atoms with Gasteiger partial charge in [-0.1, -0.05) is 160 Å². The van der Waals surface area contributed by atoms with E-state index in [4.69, 9.17) is 9.98 Å². The summed E-state index contributed by atoms with van der Waals surface area (Å²) in [6.07, 6.45) is 33.8. The molecule has 0 aliphatic carbocycles. The Kier molecular flexibility index (Phi) is 30.5. The molecule has 0 N–H and O–H groups in total. The molecule has 0 aliphatic heterocycles. The van der Waals surface area contributed by atoms with Crippen molar-refractivity contribution >= 4 is 23.3 Å².